The highest BCUT2D eigenvalue weighted by Crippen LogP contribution is 2.21. The van der Waals surface area contributed by atoms with Crippen LogP contribution in [0.15, 0.2) is 52.1 Å². The number of pyridine rings is 1. The first kappa shape index (κ1) is 20.2. The average molecular weight is 510 g/mol. The maximum Gasteiger partial charge on any atom is 0.191 e. The predicted octanol–water partition coefficient (Wildman–Crippen LogP) is 4.02. The summed E-state index contributed by atoms with van der Waals surface area (Å²) in [5.74, 6) is 0.754. The van der Waals surface area contributed by atoms with Crippen molar-refractivity contribution in [1.29, 1.82) is 0 Å². The molecule has 23 heavy (non-hydrogen) atoms. The van der Waals surface area contributed by atoms with Crippen molar-refractivity contribution in [3.05, 3.63) is 63.3 Å². The second-order valence-corrected chi connectivity index (χ2v) is 5.95. The van der Waals surface area contributed by atoms with Crippen LogP contribution in [-0.2, 0) is 13.0 Å². The van der Waals surface area contributed by atoms with Crippen LogP contribution in [0, 0.1) is 0 Å². The van der Waals surface area contributed by atoms with Crippen molar-refractivity contribution in [2.45, 2.75) is 13.0 Å². The van der Waals surface area contributed by atoms with Gasteiger partial charge in [0, 0.05) is 29.3 Å². The molecule has 0 bridgehead atoms. The fourth-order valence-electron chi connectivity index (χ4n) is 1.95. The molecule has 0 spiro atoms. The summed E-state index contributed by atoms with van der Waals surface area (Å²) in [5, 5.41) is 7.26. The number of aromatic nitrogens is 1. The Hall–Kier alpha value is -0.860. The fourth-order valence-corrected chi connectivity index (χ4v) is 2.59. The number of guanidine groups is 1. The van der Waals surface area contributed by atoms with E-state index in [9.17, 15) is 0 Å². The van der Waals surface area contributed by atoms with Gasteiger partial charge in [0.25, 0.3) is 0 Å². The number of hydrogen-bond donors (Lipinski definition) is 2. The lowest BCUT2D eigenvalue weighted by Crippen LogP contribution is -2.38. The minimum Gasteiger partial charge on any atom is -0.356 e. The van der Waals surface area contributed by atoms with E-state index >= 15 is 0 Å². The zero-order valence-corrected chi connectivity index (χ0v) is 17.4. The Kier molecular flexibility index (Phi) is 9.50. The SMILES string of the molecule is CN=C(NCCc1cc(Cl)ccc1Br)NCc1ccccn1.I. The van der Waals surface area contributed by atoms with E-state index in [-0.39, 0.29) is 24.0 Å². The minimum absolute atomic E-state index is 0. The third-order valence-electron chi connectivity index (χ3n) is 3.08. The number of hydrogen-bond acceptors (Lipinski definition) is 2. The van der Waals surface area contributed by atoms with Crippen molar-refractivity contribution in [3.8, 4) is 0 Å². The van der Waals surface area contributed by atoms with Crippen molar-refractivity contribution < 1.29 is 0 Å². The van der Waals surface area contributed by atoms with E-state index in [0.717, 1.165) is 34.1 Å². The Balaban J connectivity index is 0.00000264. The summed E-state index contributed by atoms with van der Waals surface area (Å²) >= 11 is 9.55. The second-order valence-electron chi connectivity index (χ2n) is 4.66. The third kappa shape index (κ3) is 7.05. The van der Waals surface area contributed by atoms with Crippen molar-refractivity contribution in [2.75, 3.05) is 13.6 Å². The van der Waals surface area contributed by atoms with E-state index in [1.807, 2.05) is 36.4 Å². The molecule has 124 valence electrons. The zero-order chi connectivity index (χ0) is 15.8. The zero-order valence-electron chi connectivity index (χ0n) is 12.7. The predicted molar refractivity (Wildman–Crippen MR) is 111 cm³/mol. The monoisotopic (exact) mass is 508 g/mol. The molecule has 1 aromatic heterocycles. The van der Waals surface area contributed by atoms with Crippen LogP contribution in [0.3, 0.4) is 0 Å². The van der Waals surface area contributed by atoms with Crippen molar-refractivity contribution in [3.63, 3.8) is 0 Å². The van der Waals surface area contributed by atoms with Crippen LogP contribution in [0.25, 0.3) is 0 Å². The Morgan fingerprint density at radius 1 is 1.26 bits per heavy atom. The summed E-state index contributed by atoms with van der Waals surface area (Å²) in [6.45, 7) is 1.40. The molecule has 0 aliphatic carbocycles. The molecule has 0 saturated heterocycles. The smallest absolute Gasteiger partial charge is 0.191 e. The number of rotatable bonds is 5. The van der Waals surface area contributed by atoms with E-state index in [4.69, 9.17) is 11.6 Å². The summed E-state index contributed by atoms with van der Waals surface area (Å²) in [6, 6.07) is 11.7. The first-order chi connectivity index (χ1) is 10.7. The van der Waals surface area contributed by atoms with Crippen LogP contribution in [0.5, 0.6) is 0 Å². The lowest BCUT2D eigenvalue weighted by atomic mass is 10.1. The van der Waals surface area contributed by atoms with Gasteiger partial charge in [-0.15, -0.1) is 24.0 Å². The van der Waals surface area contributed by atoms with Gasteiger partial charge in [-0.2, -0.15) is 0 Å². The molecule has 0 saturated carbocycles. The maximum absolute atomic E-state index is 6.02. The quantitative estimate of drug-likeness (QED) is 0.364. The van der Waals surface area contributed by atoms with Gasteiger partial charge in [0.15, 0.2) is 5.96 Å². The topological polar surface area (TPSA) is 49.3 Å². The molecule has 2 N–H and O–H groups in total. The van der Waals surface area contributed by atoms with Crippen LogP contribution in [0.2, 0.25) is 5.02 Å². The van der Waals surface area contributed by atoms with Crippen LogP contribution < -0.4 is 10.6 Å². The second kappa shape index (κ2) is 10.8. The van der Waals surface area contributed by atoms with Gasteiger partial charge in [0.05, 0.1) is 12.2 Å². The van der Waals surface area contributed by atoms with Gasteiger partial charge in [-0.05, 0) is 42.3 Å². The first-order valence-corrected chi connectivity index (χ1v) is 8.14. The van der Waals surface area contributed by atoms with Gasteiger partial charge in [0.2, 0.25) is 0 Å². The molecule has 0 fully saturated rings. The lowest BCUT2D eigenvalue weighted by Gasteiger charge is -2.12. The van der Waals surface area contributed by atoms with Gasteiger partial charge >= 0.3 is 0 Å². The largest absolute Gasteiger partial charge is 0.356 e. The highest BCUT2D eigenvalue weighted by molar-refractivity contribution is 14.0. The van der Waals surface area contributed by atoms with Gasteiger partial charge in [-0.1, -0.05) is 33.6 Å². The van der Waals surface area contributed by atoms with Gasteiger partial charge in [0.1, 0.15) is 0 Å². The molecule has 0 unspecified atom stereocenters. The molecule has 2 rings (SSSR count). The normalized spacial score (nSPS) is 10.8. The van der Waals surface area contributed by atoms with E-state index < -0.39 is 0 Å². The van der Waals surface area contributed by atoms with Gasteiger partial charge in [-0.3, -0.25) is 9.98 Å². The summed E-state index contributed by atoms with van der Waals surface area (Å²) in [7, 11) is 1.75. The maximum atomic E-state index is 6.02. The van der Waals surface area contributed by atoms with E-state index in [1.54, 1.807) is 13.2 Å². The number of benzene rings is 1. The molecule has 1 heterocycles. The van der Waals surface area contributed by atoms with Crippen molar-refractivity contribution in [1.82, 2.24) is 15.6 Å². The van der Waals surface area contributed by atoms with Crippen LogP contribution >= 0.6 is 51.5 Å². The number of nitrogens with zero attached hydrogens (tertiary/aromatic N) is 2. The molecular weight excluding hydrogens is 490 g/mol. The molecular formula is C16H19BrClIN4. The first-order valence-electron chi connectivity index (χ1n) is 6.97. The highest BCUT2D eigenvalue weighted by Gasteiger charge is 2.03. The van der Waals surface area contributed by atoms with E-state index in [0.29, 0.717) is 6.54 Å². The average Bonchev–Trinajstić information content (AvgIpc) is 2.55. The standard InChI is InChI=1S/C16H18BrClN4.HI/c1-19-16(22-11-14-4-2-3-8-20-14)21-9-7-12-10-13(18)5-6-15(12)17;/h2-6,8,10H,7,9,11H2,1H3,(H2,19,21,22);1H. The Morgan fingerprint density at radius 3 is 2.78 bits per heavy atom. The highest BCUT2D eigenvalue weighted by atomic mass is 127. The number of aliphatic imine (C=N–C) groups is 1. The van der Waals surface area contributed by atoms with E-state index in [1.165, 1.54) is 5.56 Å². The van der Waals surface area contributed by atoms with Crippen molar-refractivity contribution >= 4 is 57.5 Å². The summed E-state index contributed by atoms with van der Waals surface area (Å²) in [6.07, 6.45) is 2.63. The third-order valence-corrected chi connectivity index (χ3v) is 4.09. The minimum atomic E-state index is 0. The molecule has 0 aliphatic heterocycles. The molecule has 0 aliphatic rings. The molecule has 0 radical (unpaired) electrons. The molecule has 4 nitrogen and oxygen atoms in total. The van der Waals surface area contributed by atoms with Crippen molar-refractivity contribution in [2.24, 2.45) is 4.99 Å². The van der Waals surface area contributed by atoms with Crippen LogP contribution in [-0.4, -0.2) is 24.5 Å². The van der Waals surface area contributed by atoms with Crippen LogP contribution in [0.1, 0.15) is 11.3 Å². The van der Waals surface area contributed by atoms with Gasteiger partial charge in [-0.25, -0.2) is 0 Å². The molecule has 0 amide bonds. The lowest BCUT2D eigenvalue weighted by molar-refractivity contribution is 0.782. The Bertz CT molecular complexity index is 637. The molecule has 7 heteroatoms. The van der Waals surface area contributed by atoms with Gasteiger partial charge < -0.3 is 10.6 Å². The Morgan fingerprint density at radius 2 is 2.09 bits per heavy atom. The molecule has 0 atom stereocenters. The Labute approximate surface area is 167 Å². The van der Waals surface area contributed by atoms with Crippen LogP contribution in [0.4, 0.5) is 0 Å². The number of halogens is 3. The summed E-state index contributed by atoms with van der Waals surface area (Å²) < 4.78 is 1.06. The number of nitrogens with one attached hydrogen (secondary N) is 2. The molecule has 2 aromatic rings. The molecule has 1 aromatic carbocycles. The summed E-state index contributed by atoms with van der Waals surface area (Å²) in [5.41, 5.74) is 2.14. The van der Waals surface area contributed by atoms with E-state index in [2.05, 4.69) is 36.5 Å². The summed E-state index contributed by atoms with van der Waals surface area (Å²) in [4.78, 5) is 8.47. The fraction of sp³-hybridized carbons (Fsp3) is 0.250.